The number of hydrogen-bond acceptors (Lipinski definition) is 3. The minimum Gasteiger partial charge on any atom is -0.496 e. The molecule has 1 heterocycles. The van der Waals surface area contributed by atoms with Crippen molar-refractivity contribution in [1.29, 1.82) is 0 Å². The molecule has 0 aliphatic carbocycles. The van der Waals surface area contributed by atoms with E-state index in [0.29, 0.717) is 11.5 Å². The molecule has 1 aromatic heterocycles. The quantitative estimate of drug-likeness (QED) is 0.0861. The van der Waals surface area contributed by atoms with E-state index in [9.17, 15) is 4.79 Å². The smallest absolute Gasteiger partial charge is 0.255 e. The fourth-order valence-electron chi connectivity index (χ4n) is 7.78. The van der Waals surface area contributed by atoms with Gasteiger partial charge in [-0.1, -0.05) is 103 Å². The molecule has 0 saturated heterocycles. The molecule has 0 aliphatic rings. The fourth-order valence-corrected chi connectivity index (χ4v) is 7.78. The number of methoxy groups -OCH3 is 1. The highest BCUT2D eigenvalue weighted by Crippen LogP contribution is 2.39. The third-order valence-corrected chi connectivity index (χ3v) is 11.6. The van der Waals surface area contributed by atoms with Gasteiger partial charge in [0.2, 0.25) is 0 Å². The van der Waals surface area contributed by atoms with Crippen molar-refractivity contribution in [2.45, 2.75) is 120 Å². The Morgan fingerprint density at radius 1 is 0.911 bits per heavy atom. The number of nitrogens with zero attached hydrogens (tertiary/aromatic N) is 2. The number of benzene rings is 3. The molecule has 1 N–H and O–H groups in total. The van der Waals surface area contributed by atoms with E-state index in [2.05, 4.69) is 144 Å². The number of carbonyl (C=O) groups is 1. The van der Waals surface area contributed by atoms with Gasteiger partial charge < -0.3 is 19.5 Å². The molecule has 0 fully saturated rings. The number of ether oxygens (including phenoxy) is 1. The van der Waals surface area contributed by atoms with Crippen LogP contribution in [-0.4, -0.2) is 42.1 Å². The van der Waals surface area contributed by atoms with Crippen molar-refractivity contribution in [3.63, 3.8) is 0 Å². The zero-order valence-electron chi connectivity index (χ0n) is 36.6. The molecule has 1 amide bonds. The normalized spacial score (nSPS) is 14.0. The molecule has 5 nitrogen and oxygen atoms in total. The average molecular weight is 758 g/mol. The molecule has 5 heteroatoms. The molecule has 3 atom stereocenters. The summed E-state index contributed by atoms with van der Waals surface area (Å²) in [7, 11) is 1.70. The lowest BCUT2D eigenvalue weighted by Gasteiger charge is -2.27. The second kappa shape index (κ2) is 21.8. The molecule has 0 bridgehead atoms. The zero-order chi connectivity index (χ0) is 40.8. The van der Waals surface area contributed by atoms with E-state index in [1.54, 1.807) is 7.11 Å². The van der Waals surface area contributed by atoms with E-state index in [1.165, 1.54) is 65.6 Å². The summed E-state index contributed by atoms with van der Waals surface area (Å²) >= 11 is 0. The summed E-state index contributed by atoms with van der Waals surface area (Å²) in [6.45, 7) is 27.1. The maximum Gasteiger partial charge on any atom is 0.255 e. The molecular weight excluding hydrogens is 687 g/mol. The first-order chi connectivity index (χ1) is 27.0. The van der Waals surface area contributed by atoms with Gasteiger partial charge >= 0.3 is 0 Å². The molecule has 0 spiro atoms. The maximum absolute atomic E-state index is 13.6. The van der Waals surface area contributed by atoms with Crippen LogP contribution in [0.2, 0.25) is 0 Å². The summed E-state index contributed by atoms with van der Waals surface area (Å²) in [5.74, 6) is 2.25. The Labute approximate surface area is 339 Å². The summed E-state index contributed by atoms with van der Waals surface area (Å²) in [5, 5.41) is 4.52. The fraction of sp³-hybridized carbons (Fsp3) is 0.471. The Balaban J connectivity index is 1.49. The summed E-state index contributed by atoms with van der Waals surface area (Å²) < 4.78 is 8.50. The predicted octanol–water partition coefficient (Wildman–Crippen LogP) is 13.3. The minimum atomic E-state index is -0.132. The Morgan fingerprint density at radius 2 is 1.64 bits per heavy atom. The Hall–Kier alpha value is -4.35. The lowest BCUT2D eigenvalue weighted by atomic mass is 9.88. The van der Waals surface area contributed by atoms with Gasteiger partial charge in [-0.15, -0.1) is 0 Å². The number of fused-ring (bicyclic) bond motifs is 1. The zero-order valence-corrected chi connectivity index (χ0v) is 36.6. The largest absolute Gasteiger partial charge is 0.496 e. The highest BCUT2D eigenvalue weighted by Gasteiger charge is 2.20. The van der Waals surface area contributed by atoms with Gasteiger partial charge in [-0.05, 0) is 142 Å². The molecule has 56 heavy (non-hydrogen) atoms. The maximum atomic E-state index is 13.6. The van der Waals surface area contributed by atoms with Gasteiger partial charge in [-0.25, -0.2) is 0 Å². The number of amides is 1. The van der Waals surface area contributed by atoms with Gasteiger partial charge in [-0.2, -0.15) is 0 Å². The first kappa shape index (κ1) is 44.4. The number of anilines is 1. The van der Waals surface area contributed by atoms with Crippen molar-refractivity contribution in [2.24, 2.45) is 11.8 Å². The highest BCUT2D eigenvalue weighted by molar-refractivity contribution is 6.04. The lowest BCUT2D eigenvalue weighted by Crippen LogP contribution is -2.32. The number of aromatic nitrogens is 1. The van der Waals surface area contributed by atoms with Crippen LogP contribution < -0.4 is 10.1 Å². The molecule has 4 aromatic rings. The van der Waals surface area contributed by atoms with E-state index >= 15 is 0 Å². The predicted molar refractivity (Wildman–Crippen MR) is 243 cm³/mol. The summed E-state index contributed by atoms with van der Waals surface area (Å²) in [6, 6.07) is 19.1. The number of allylic oxidation sites excluding steroid dienone is 6. The minimum absolute atomic E-state index is 0.132. The molecule has 0 radical (unpaired) electrons. The van der Waals surface area contributed by atoms with Crippen molar-refractivity contribution >= 4 is 28.1 Å². The van der Waals surface area contributed by atoms with E-state index in [-0.39, 0.29) is 11.8 Å². The van der Waals surface area contributed by atoms with E-state index in [4.69, 9.17) is 4.74 Å². The Morgan fingerprint density at radius 3 is 2.29 bits per heavy atom. The van der Waals surface area contributed by atoms with E-state index in [1.807, 2.05) is 25.1 Å². The first-order valence-electron chi connectivity index (χ1n) is 21.4. The number of carbonyl (C=O) groups excluding carboxylic acids is 1. The van der Waals surface area contributed by atoms with Crippen LogP contribution in [-0.2, 0) is 13.0 Å². The van der Waals surface area contributed by atoms with Gasteiger partial charge in [0.1, 0.15) is 5.75 Å². The average Bonchev–Trinajstić information content (AvgIpc) is 3.43. The summed E-state index contributed by atoms with van der Waals surface area (Å²) in [4.78, 5) is 16.3. The van der Waals surface area contributed by atoms with Gasteiger partial charge in [0, 0.05) is 52.6 Å². The van der Waals surface area contributed by atoms with Crippen LogP contribution in [0.5, 0.6) is 5.75 Å². The number of aryl methyl sites for hydroxylation is 1. The van der Waals surface area contributed by atoms with Crippen molar-refractivity contribution in [3.05, 3.63) is 124 Å². The SMILES string of the molecule is C\C=C/C(=C\C=C\CC)c1c(OC)cc(NC(=O)c2ccc(Cc3ccc4c(c3)c(C)c(C)n4CC(C)CN(CCC)CCC(C)CC)cc2)cc1C(C)CC. The molecule has 302 valence electrons. The first-order valence-corrected chi connectivity index (χ1v) is 21.4. The molecule has 4 rings (SSSR count). The van der Waals surface area contributed by atoms with Crippen LogP contribution >= 0.6 is 0 Å². The molecule has 0 aliphatic heterocycles. The van der Waals surface area contributed by atoms with Gasteiger partial charge in [0.15, 0.2) is 0 Å². The van der Waals surface area contributed by atoms with Gasteiger partial charge in [0.05, 0.1) is 7.11 Å². The van der Waals surface area contributed by atoms with Crippen molar-refractivity contribution in [3.8, 4) is 5.75 Å². The standard InChI is InChI=1S/C51H71N3O2/c1-12-17-18-20-43(19-13-2)50-46(38(8)16-5)32-45(33-49(50)56-11)52-51(55)44-24-21-41(22-25-44)30-42-23-26-48-47(31-42)39(9)40(10)54(48)35-37(7)34-53(28-14-3)29-27-36(6)15-4/h13,17-26,31-33,36-38H,12,14-16,27-30,34-35H2,1-11H3,(H,52,55)/b18-17+,19-13-,43-20+. The highest BCUT2D eigenvalue weighted by atomic mass is 16.5. The van der Waals surface area contributed by atoms with Crippen molar-refractivity contribution < 1.29 is 9.53 Å². The van der Waals surface area contributed by atoms with E-state index < -0.39 is 0 Å². The van der Waals surface area contributed by atoms with Crippen LogP contribution in [0.25, 0.3) is 16.5 Å². The monoisotopic (exact) mass is 758 g/mol. The summed E-state index contributed by atoms with van der Waals surface area (Å²) in [5.41, 5.74) is 11.2. The van der Waals surface area contributed by atoms with Crippen molar-refractivity contribution in [1.82, 2.24) is 9.47 Å². The second-order valence-corrected chi connectivity index (χ2v) is 16.1. The third kappa shape index (κ3) is 11.6. The number of nitrogens with one attached hydrogen (secondary N) is 1. The van der Waals surface area contributed by atoms with Crippen LogP contribution in [0.3, 0.4) is 0 Å². The molecule has 0 saturated carbocycles. The molecule has 3 unspecified atom stereocenters. The molecular formula is C51H71N3O2. The number of rotatable bonds is 21. The molecule has 3 aromatic carbocycles. The van der Waals surface area contributed by atoms with Crippen molar-refractivity contribution in [2.75, 3.05) is 32.1 Å². The van der Waals surface area contributed by atoms with Crippen LogP contribution in [0.1, 0.15) is 137 Å². The van der Waals surface area contributed by atoms with Crippen LogP contribution in [0, 0.1) is 25.7 Å². The number of hydrogen-bond donors (Lipinski definition) is 1. The Bertz CT molecular complexity index is 1960. The second-order valence-electron chi connectivity index (χ2n) is 16.1. The van der Waals surface area contributed by atoms with E-state index in [0.717, 1.165) is 66.4 Å². The lowest BCUT2D eigenvalue weighted by molar-refractivity contribution is 0.102. The van der Waals surface area contributed by atoms with Crippen LogP contribution in [0.4, 0.5) is 5.69 Å². The summed E-state index contributed by atoms with van der Waals surface area (Å²) in [6.07, 6.45) is 17.1. The van der Waals surface area contributed by atoms with Gasteiger partial charge in [0.25, 0.3) is 5.91 Å². The Kier molecular flexibility index (Phi) is 17.3. The van der Waals surface area contributed by atoms with Gasteiger partial charge in [-0.3, -0.25) is 4.79 Å². The van der Waals surface area contributed by atoms with Crippen LogP contribution in [0.15, 0.2) is 85.0 Å². The topological polar surface area (TPSA) is 46.5 Å². The third-order valence-electron chi connectivity index (χ3n) is 11.6.